The first-order valence-electron chi connectivity index (χ1n) is 3.88. The summed E-state index contributed by atoms with van der Waals surface area (Å²) in [4.78, 5) is 0. The summed E-state index contributed by atoms with van der Waals surface area (Å²) in [7, 11) is 0. The van der Waals surface area contributed by atoms with E-state index in [1.54, 1.807) is 0 Å². The lowest BCUT2D eigenvalue weighted by molar-refractivity contribution is 0.431. The van der Waals surface area contributed by atoms with Crippen LogP contribution in [0.5, 0.6) is 0 Å². The molecule has 3 N–H and O–H groups in total. The summed E-state index contributed by atoms with van der Waals surface area (Å²) in [5.41, 5.74) is 2.95. The minimum absolute atomic E-state index is 0.708. The van der Waals surface area contributed by atoms with Crippen LogP contribution in [-0.4, -0.2) is 6.04 Å². The molecule has 2 heteroatoms. The van der Waals surface area contributed by atoms with Crippen LogP contribution in [0.25, 0.3) is 0 Å². The van der Waals surface area contributed by atoms with Crippen molar-refractivity contribution in [3.05, 3.63) is 0 Å². The molecule has 3 atom stereocenters. The highest BCUT2D eigenvalue weighted by Crippen LogP contribution is 2.70. The Bertz CT molecular complexity index is 143. The van der Waals surface area contributed by atoms with Crippen molar-refractivity contribution in [2.45, 2.75) is 18.9 Å². The lowest BCUT2D eigenvalue weighted by Crippen LogP contribution is -2.37. The van der Waals surface area contributed by atoms with E-state index >= 15 is 0 Å². The van der Waals surface area contributed by atoms with Gasteiger partial charge in [-0.15, -0.1) is 0 Å². The van der Waals surface area contributed by atoms with Crippen molar-refractivity contribution >= 4 is 0 Å². The Morgan fingerprint density at radius 3 is 2.11 bits per heavy atom. The molecule has 0 aromatic rings. The minimum Gasteiger partial charge on any atom is -0.271 e. The van der Waals surface area contributed by atoms with Gasteiger partial charge in [0.25, 0.3) is 0 Å². The SMILES string of the molecule is NNC1C2CC3C(C2)C31. The first kappa shape index (κ1) is 4.69. The van der Waals surface area contributed by atoms with Crippen LogP contribution < -0.4 is 11.3 Å². The monoisotopic (exact) mass is 124 g/mol. The second-order valence-corrected chi connectivity index (χ2v) is 3.83. The molecule has 0 heterocycles. The summed E-state index contributed by atoms with van der Waals surface area (Å²) in [6.07, 6.45) is 2.95. The highest BCUT2D eigenvalue weighted by molar-refractivity contribution is 5.18. The van der Waals surface area contributed by atoms with Gasteiger partial charge in [-0.2, -0.15) is 0 Å². The second kappa shape index (κ2) is 1.18. The Hall–Kier alpha value is -0.0800. The Balaban J connectivity index is 1.95. The molecule has 0 spiro atoms. The standard InChI is InChI=1S/C7H12N2/c8-9-7-3-1-4-5(2-3)6(4)7/h3-7,9H,1-2,8H2. The maximum Gasteiger partial charge on any atom is 0.0272 e. The van der Waals surface area contributed by atoms with Gasteiger partial charge in [0.2, 0.25) is 0 Å². The fourth-order valence-electron chi connectivity index (χ4n) is 3.32. The van der Waals surface area contributed by atoms with Gasteiger partial charge in [-0.1, -0.05) is 0 Å². The molecule has 0 aliphatic heterocycles. The van der Waals surface area contributed by atoms with Crippen LogP contribution in [0, 0.1) is 23.7 Å². The molecule has 3 unspecified atom stereocenters. The third-order valence-corrected chi connectivity index (χ3v) is 3.66. The topological polar surface area (TPSA) is 38.0 Å². The van der Waals surface area contributed by atoms with Crippen molar-refractivity contribution in [1.82, 2.24) is 5.43 Å². The quantitative estimate of drug-likeness (QED) is 0.384. The molecule has 4 aliphatic carbocycles. The number of hydrazine groups is 1. The van der Waals surface area contributed by atoms with Gasteiger partial charge in [0.15, 0.2) is 0 Å². The number of rotatable bonds is 1. The van der Waals surface area contributed by atoms with Crippen LogP contribution in [0.15, 0.2) is 0 Å². The van der Waals surface area contributed by atoms with Gasteiger partial charge < -0.3 is 0 Å². The van der Waals surface area contributed by atoms with Crippen LogP contribution in [0.2, 0.25) is 0 Å². The zero-order valence-electron chi connectivity index (χ0n) is 5.38. The fraction of sp³-hybridized carbons (Fsp3) is 1.00. The summed E-state index contributed by atoms with van der Waals surface area (Å²) in [5, 5.41) is 0. The third kappa shape index (κ3) is 0.356. The Morgan fingerprint density at radius 1 is 1.22 bits per heavy atom. The maximum absolute atomic E-state index is 5.42. The van der Waals surface area contributed by atoms with Gasteiger partial charge in [0.05, 0.1) is 0 Å². The lowest BCUT2D eigenvalue weighted by atomic mass is 10.1. The van der Waals surface area contributed by atoms with Crippen molar-refractivity contribution < 1.29 is 0 Å². The molecule has 4 aliphatic rings. The van der Waals surface area contributed by atoms with Crippen LogP contribution in [0.1, 0.15) is 12.8 Å². The van der Waals surface area contributed by atoms with E-state index in [1.165, 1.54) is 12.8 Å². The normalized spacial score (nSPS) is 67.0. The maximum atomic E-state index is 5.42. The van der Waals surface area contributed by atoms with Crippen LogP contribution in [-0.2, 0) is 0 Å². The van der Waals surface area contributed by atoms with Crippen molar-refractivity contribution in [2.75, 3.05) is 0 Å². The van der Waals surface area contributed by atoms with E-state index < -0.39 is 0 Å². The Labute approximate surface area is 54.8 Å². The molecule has 4 fully saturated rings. The van der Waals surface area contributed by atoms with E-state index in [-0.39, 0.29) is 0 Å². The molecule has 0 aromatic heterocycles. The van der Waals surface area contributed by atoms with E-state index in [0.717, 1.165) is 23.7 Å². The molecule has 9 heavy (non-hydrogen) atoms. The van der Waals surface area contributed by atoms with Gasteiger partial charge in [0.1, 0.15) is 0 Å². The number of hydrogen-bond acceptors (Lipinski definition) is 2. The number of nitrogens with one attached hydrogen (secondary N) is 1. The van der Waals surface area contributed by atoms with E-state index in [9.17, 15) is 0 Å². The highest BCUT2D eigenvalue weighted by atomic mass is 15.3. The molecule has 0 saturated heterocycles. The van der Waals surface area contributed by atoms with Gasteiger partial charge in [-0.25, -0.2) is 0 Å². The zero-order chi connectivity index (χ0) is 6.01. The smallest absolute Gasteiger partial charge is 0.0272 e. The Morgan fingerprint density at radius 2 is 1.89 bits per heavy atom. The van der Waals surface area contributed by atoms with Crippen LogP contribution in [0.4, 0.5) is 0 Å². The number of hydrogen-bond donors (Lipinski definition) is 2. The van der Waals surface area contributed by atoms with E-state index in [4.69, 9.17) is 5.84 Å². The fourth-order valence-corrected chi connectivity index (χ4v) is 3.32. The molecule has 0 aromatic carbocycles. The van der Waals surface area contributed by atoms with Gasteiger partial charge in [-0.3, -0.25) is 11.3 Å². The highest BCUT2D eigenvalue weighted by Gasteiger charge is 2.68. The molecule has 4 rings (SSSR count). The molecule has 50 valence electrons. The zero-order valence-corrected chi connectivity index (χ0v) is 5.38. The largest absolute Gasteiger partial charge is 0.271 e. The second-order valence-electron chi connectivity index (χ2n) is 3.83. The van der Waals surface area contributed by atoms with Gasteiger partial charge >= 0.3 is 0 Å². The molecular weight excluding hydrogens is 112 g/mol. The van der Waals surface area contributed by atoms with Gasteiger partial charge in [-0.05, 0) is 36.5 Å². The minimum atomic E-state index is 0.708. The molecule has 4 bridgehead atoms. The summed E-state index contributed by atoms with van der Waals surface area (Å²) < 4.78 is 0. The van der Waals surface area contributed by atoms with Gasteiger partial charge in [0, 0.05) is 6.04 Å². The predicted octanol–water partition coefficient (Wildman–Crippen LogP) is 0.104. The first-order chi connectivity index (χ1) is 4.42. The summed E-state index contributed by atoms with van der Waals surface area (Å²) in [6, 6.07) is 0.708. The summed E-state index contributed by atoms with van der Waals surface area (Å²) in [5.74, 6) is 9.56. The van der Waals surface area contributed by atoms with Crippen molar-refractivity contribution in [1.29, 1.82) is 0 Å². The average Bonchev–Trinajstić information content (AvgIpc) is 2.40. The number of nitrogens with two attached hydrogens (primary N) is 1. The Kier molecular flexibility index (Phi) is 0.616. The summed E-state index contributed by atoms with van der Waals surface area (Å²) >= 11 is 0. The van der Waals surface area contributed by atoms with Crippen LogP contribution >= 0.6 is 0 Å². The lowest BCUT2D eigenvalue weighted by Gasteiger charge is -2.11. The van der Waals surface area contributed by atoms with Crippen molar-refractivity contribution in [3.8, 4) is 0 Å². The average molecular weight is 124 g/mol. The van der Waals surface area contributed by atoms with E-state index in [0.29, 0.717) is 6.04 Å². The van der Waals surface area contributed by atoms with Crippen LogP contribution in [0.3, 0.4) is 0 Å². The third-order valence-electron chi connectivity index (χ3n) is 3.66. The van der Waals surface area contributed by atoms with Crippen molar-refractivity contribution in [3.63, 3.8) is 0 Å². The molecule has 0 radical (unpaired) electrons. The first-order valence-corrected chi connectivity index (χ1v) is 3.88. The van der Waals surface area contributed by atoms with E-state index in [1.807, 2.05) is 0 Å². The molecule has 2 nitrogen and oxygen atoms in total. The predicted molar refractivity (Wildman–Crippen MR) is 34.3 cm³/mol. The molecule has 0 amide bonds. The molecule has 4 saturated carbocycles. The molecular formula is C7H12N2. The van der Waals surface area contributed by atoms with E-state index in [2.05, 4.69) is 5.43 Å². The van der Waals surface area contributed by atoms with Crippen molar-refractivity contribution in [2.24, 2.45) is 29.5 Å². The summed E-state index contributed by atoms with van der Waals surface area (Å²) in [6.45, 7) is 0.